The molecule has 0 spiro atoms. The first-order valence-electron chi connectivity index (χ1n) is 3.58. The van der Waals surface area contributed by atoms with Gasteiger partial charge in [-0.3, -0.25) is 0 Å². The number of carbonyl (C=O) groups is 1. The Balaban J connectivity index is 2.45. The first kappa shape index (κ1) is 6.46. The molecule has 3 heterocycles. The van der Waals surface area contributed by atoms with Crippen LogP contribution in [0, 0.1) is 0 Å². The lowest BCUT2D eigenvalue weighted by Gasteiger charge is -1.93. The van der Waals surface area contributed by atoms with Crippen LogP contribution < -0.4 is 0 Å². The molecule has 3 rings (SSSR count). The van der Waals surface area contributed by atoms with Gasteiger partial charge in [0.15, 0.2) is 5.69 Å². The normalized spacial score (nSPS) is 14.6. The van der Waals surface area contributed by atoms with E-state index in [-0.39, 0.29) is 12.3 Å². The molecule has 1 aliphatic heterocycles. The molecule has 1 aliphatic rings. The van der Waals surface area contributed by atoms with E-state index in [9.17, 15) is 4.79 Å². The zero-order chi connectivity index (χ0) is 8.84. The van der Waals surface area contributed by atoms with E-state index in [1.54, 1.807) is 0 Å². The van der Waals surface area contributed by atoms with E-state index in [0.717, 1.165) is 0 Å². The second kappa shape index (κ2) is 2.00. The van der Waals surface area contributed by atoms with Crippen LogP contribution in [0.1, 0.15) is 16.2 Å². The van der Waals surface area contributed by atoms with Gasteiger partial charge >= 0.3 is 5.97 Å². The summed E-state index contributed by atoms with van der Waals surface area (Å²) in [6.07, 6.45) is 1.35. The van der Waals surface area contributed by atoms with Crippen molar-refractivity contribution in [2.24, 2.45) is 0 Å². The Labute approximate surface area is 71.4 Å². The van der Waals surface area contributed by atoms with E-state index in [1.165, 1.54) is 10.8 Å². The Bertz CT molecular complexity index is 505. The average molecular weight is 177 g/mol. The van der Waals surface area contributed by atoms with E-state index in [0.29, 0.717) is 11.5 Å². The molecule has 0 atom stereocenters. The van der Waals surface area contributed by atoms with Gasteiger partial charge in [0.25, 0.3) is 5.78 Å². The highest BCUT2D eigenvalue weighted by Crippen LogP contribution is 2.15. The maximum atomic E-state index is 11.0. The monoisotopic (exact) mass is 177 g/mol. The van der Waals surface area contributed by atoms with E-state index < -0.39 is 5.97 Å². The van der Waals surface area contributed by atoms with Crippen molar-refractivity contribution < 1.29 is 9.53 Å². The summed E-state index contributed by atoms with van der Waals surface area (Å²) in [6.45, 7) is 0.184. The van der Waals surface area contributed by atoms with Crippen LogP contribution >= 0.6 is 0 Å². The lowest BCUT2D eigenvalue weighted by atomic mass is 10.4. The first-order chi connectivity index (χ1) is 6.36. The highest BCUT2D eigenvalue weighted by Gasteiger charge is 2.27. The number of fused-ring (bicyclic) bond motifs is 3. The second-order valence-corrected chi connectivity index (χ2v) is 2.54. The lowest BCUT2D eigenvalue weighted by molar-refractivity contribution is 0.0528. The van der Waals surface area contributed by atoms with Crippen molar-refractivity contribution in [2.75, 3.05) is 0 Å². The summed E-state index contributed by atoms with van der Waals surface area (Å²) in [6, 6.07) is 0. The van der Waals surface area contributed by atoms with Crippen LogP contribution in [0.3, 0.4) is 0 Å². The first-order valence-corrected chi connectivity index (χ1v) is 3.58. The van der Waals surface area contributed by atoms with Crippen molar-refractivity contribution in [1.82, 2.24) is 24.8 Å². The maximum Gasteiger partial charge on any atom is 0.361 e. The van der Waals surface area contributed by atoms with Crippen molar-refractivity contribution in [2.45, 2.75) is 6.61 Å². The molecule has 0 fully saturated rings. The van der Waals surface area contributed by atoms with E-state index >= 15 is 0 Å². The molecular formula is C6H3N5O2. The Morgan fingerprint density at radius 3 is 3.31 bits per heavy atom. The molecule has 0 bridgehead atoms. The summed E-state index contributed by atoms with van der Waals surface area (Å²) in [7, 11) is 0. The maximum absolute atomic E-state index is 11.0. The number of ether oxygens (including phenoxy) is 1. The van der Waals surface area contributed by atoms with Gasteiger partial charge in [-0.15, -0.1) is 10.2 Å². The van der Waals surface area contributed by atoms with E-state index in [2.05, 4.69) is 20.3 Å². The minimum absolute atomic E-state index is 0.184. The number of aromatic nitrogens is 5. The standard InChI is InChI=1S/C6H3N5O2/c12-5-4-3(1-13-5)11-6(10-9-4)7-2-8-11/h2H,1H2. The largest absolute Gasteiger partial charge is 0.454 e. The van der Waals surface area contributed by atoms with E-state index in [4.69, 9.17) is 4.74 Å². The molecule has 2 aromatic heterocycles. The quantitative estimate of drug-likeness (QED) is 0.489. The summed E-state index contributed by atoms with van der Waals surface area (Å²) in [4.78, 5) is 14.9. The molecule has 7 heteroatoms. The van der Waals surface area contributed by atoms with Gasteiger partial charge in [-0.1, -0.05) is 0 Å². The van der Waals surface area contributed by atoms with Crippen LogP contribution in [0.25, 0.3) is 5.78 Å². The Hall–Kier alpha value is -2.05. The molecule has 0 saturated heterocycles. The third kappa shape index (κ3) is 0.701. The van der Waals surface area contributed by atoms with Crippen LogP contribution in [-0.2, 0) is 11.3 Å². The fraction of sp³-hybridized carbons (Fsp3) is 0.167. The van der Waals surface area contributed by atoms with Crippen molar-refractivity contribution in [3.8, 4) is 0 Å². The van der Waals surface area contributed by atoms with Gasteiger partial charge in [-0.2, -0.15) is 14.6 Å². The molecule has 13 heavy (non-hydrogen) atoms. The molecule has 0 aliphatic carbocycles. The van der Waals surface area contributed by atoms with Gasteiger partial charge in [-0.05, 0) is 0 Å². The van der Waals surface area contributed by atoms with Crippen LogP contribution in [0.5, 0.6) is 0 Å². The summed E-state index contributed by atoms with van der Waals surface area (Å²) in [5.74, 6) is -0.0862. The molecule has 0 aromatic carbocycles. The predicted molar refractivity (Wildman–Crippen MR) is 37.7 cm³/mol. The predicted octanol–water partition coefficient (Wildman–Crippen LogP) is -0.810. The minimum atomic E-state index is -0.458. The number of cyclic esters (lactones) is 1. The molecule has 0 radical (unpaired) electrons. The third-order valence-corrected chi connectivity index (χ3v) is 1.83. The second-order valence-electron chi connectivity index (χ2n) is 2.54. The fourth-order valence-electron chi connectivity index (χ4n) is 1.24. The van der Waals surface area contributed by atoms with Gasteiger partial charge in [0, 0.05) is 0 Å². The fourth-order valence-corrected chi connectivity index (χ4v) is 1.24. The number of hydrogen-bond acceptors (Lipinski definition) is 6. The highest BCUT2D eigenvalue weighted by molar-refractivity contribution is 5.90. The Morgan fingerprint density at radius 1 is 1.46 bits per heavy atom. The van der Waals surface area contributed by atoms with E-state index in [1.807, 2.05) is 0 Å². The van der Waals surface area contributed by atoms with Crippen molar-refractivity contribution in [3.05, 3.63) is 17.7 Å². The van der Waals surface area contributed by atoms with Crippen LogP contribution in [0.15, 0.2) is 6.33 Å². The highest BCUT2D eigenvalue weighted by atomic mass is 16.5. The Morgan fingerprint density at radius 2 is 2.38 bits per heavy atom. The third-order valence-electron chi connectivity index (χ3n) is 1.83. The number of hydrogen-bond donors (Lipinski definition) is 0. The summed E-state index contributed by atoms with van der Waals surface area (Å²) < 4.78 is 6.22. The van der Waals surface area contributed by atoms with Crippen LogP contribution in [0.2, 0.25) is 0 Å². The lowest BCUT2D eigenvalue weighted by Crippen LogP contribution is -2.05. The topological polar surface area (TPSA) is 82.3 Å². The van der Waals surface area contributed by atoms with Crippen LogP contribution in [-0.4, -0.2) is 30.8 Å². The Kier molecular flexibility index (Phi) is 0.996. The summed E-state index contributed by atoms with van der Waals surface area (Å²) in [5.41, 5.74) is 0.825. The summed E-state index contributed by atoms with van der Waals surface area (Å²) in [5, 5.41) is 11.3. The molecule has 0 amide bonds. The smallest absolute Gasteiger partial charge is 0.361 e. The van der Waals surface area contributed by atoms with Gasteiger partial charge < -0.3 is 4.74 Å². The number of rotatable bonds is 0. The number of esters is 1. The van der Waals surface area contributed by atoms with Gasteiger partial charge in [-0.25, -0.2) is 4.79 Å². The molecule has 7 nitrogen and oxygen atoms in total. The molecular weight excluding hydrogens is 174 g/mol. The number of carbonyl (C=O) groups excluding carboxylic acids is 1. The molecule has 2 aromatic rings. The van der Waals surface area contributed by atoms with Crippen molar-refractivity contribution >= 4 is 11.7 Å². The van der Waals surface area contributed by atoms with Crippen molar-refractivity contribution in [1.29, 1.82) is 0 Å². The SMILES string of the molecule is O=C1OCc2c1nnc1ncnn21. The molecule has 64 valence electrons. The zero-order valence-corrected chi connectivity index (χ0v) is 6.34. The van der Waals surface area contributed by atoms with Gasteiger partial charge in [0.1, 0.15) is 18.6 Å². The molecule has 0 N–H and O–H groups in total. The molecule has 0 saturated carbocycles. The van der Waals surface area contributed by atoms with Crippen molar-refractivity contribution in [3.63, 3.8) is 0 Å². The van der Waals surface area contributed by atoms with Crippen LogP contribution in [0.4, 0.5) is 0 Å². The van der Waals surface area contributed by atoms with Gasteiger partial charge in [0.05, 0.1) is 0 Å². The average Bonchev–Trinajstić information content (AvgIpc) is 2.70. The molecule has 0 unspecified atom stereocenters. The summed E-state index contributed by atoms with van der Waals surface area (Å²) >= 11 is 0. The van der Waals surface area contributed by atoms with Gasteiger partial charge in [0.2, 0.25) is 0 Å². The minimum Gasteiger partial charge on any atom is -0.454 e. The zero-order valence-electron chi connectivity index (χ0n) is 6.34. The number of nitrogens with zero attached hydrogens (tertiary/aromatic N) is 5.